The first-order valence-electron chi connectivity index (χ1n) is 2.03. The molecule has 0 saturated heterocycles. The van der Waals surface area contributed by atoms with Crippen LogP contribution < -0.4 is 11.5 Å². The molecular weight excluding hydrogens is 95.1 g/mol. The standard InChI is InChI=1S/C4H9FN2/c5-1-4(2-6)3-7/h1H,2-3,6-7H2. The molecule has 0 fully saturated rings. The summed E-state index contributed by atoms with van der Waals surface area (Å²) < 4.78 is 11.3. The second-order valence-electron chi connectivity index (χ2n) is 1.18. The Balaban J connectivity index is 3.38. The largest absolute Gasteiger partial charge is 0.327 e. The van der Waals surface area contributed by atoms with E-state index in [-0.39, 0.29) is 13.1 Å². The molecule has 0 heterocycles. The van der Waals surface area contributed by atoms with Gasteiger partial charge in [0.15, 0.2) is 0 Å². The normalized spacial score (nSPS) is 8.43. The smallest absolute Gasteiger partial charge is 0.0884 e. The minimum Gasteiger partial charge on any atom is -0.327 e. The molecule has 0 aliphatic rings. The van der Waals surface area contributed by atoms with Crippen molar-refractivity contribution in [3.8, 4) is 0 Å². The van der Waals surface area contributed by atoms with Crippen LogP contribution in [-0.2, 0) is 0 Å². The average Bonchev–Trinajstić information content (AvgIpc) is 1.72. The van der Waals surface area contributed by atoms with Crippen LogP contribution in [0.5, 0.6) is 0 Å². The van der Waals surface area contributed by atoms with E-state index in [4.69, 9.17) is 11.5 Å². The van der Waals surface area contributed by atoms with Gasteiger partial charge in [-0.2, -0.15) is 0 Å². The molecule has 0 unspecified atom stereocenters. The van der Waals surface area contributed by atoms with Crippen LogP contribution >= 0.6 is 0 Å². The van der Waals surface area contributed by atoms with Crippen LogP contribution in [0.1, 0.15) is 0 Å². The molecule has 0 aliphatic carbocycles. The van der Waals surface area contributed by atoms with Gasteiger partial charge in [0, 0.05) is 13.1 Å². The first kappa shape index (κ1) is 6.59. The van der Waals surface area contributed by atoms with Gasteiger partial charge in [0.25, 0.3) is 0 Å². The minimum absolute atomic E-state index is 0.215. The number of hydrogen-bond acceptors (Lipinski definition) is 2. The molecule has 0 bridgehead atoms. The lowest BCUT2D eigenvalue weighted by molar-refractivity contribution is 0.701. The molecule has 0 aromatic heterocycles. The van der Waals surface area contributed by atoms with Crippen LogP contribution in [0.15, 0.2) is 11.9 Å². The zero-order chi connectivity index (χ0) is 5.70. The lowest BCUT2D eigenvalue weighted by Gasteiger charge is -1.91. The van der Waals surface area contributed by atoms with Crippen molar-refractivity contribution in [2.45, 2.75) is 0 Å². The topological polar surface area (TPSA) is 52.0 Å². The second-order valence-corrected chi connectivity index (χ2v) is 1.18. The lowest BCUT2D eigenvalue weighted by Crippen LogP contribution is -2.11. The van der Waals surface area contributed by atoms with Gasteiger partial charge in [0.1, 0.15) is 0 Å². The molecule has 0 aromatic rings. The SMILES string of the molecule is NCC(=CF)CN. The van der Waals surface area contributed by atoms with Crippen LogP contribution in [0.25, 0.3) is 0 Å². The molecule has 4 N–H and O–H groups in total. The quantitative estimate of drug-likeness (QED) is 0.508. The summed E-state index contributed by atoms with van der Waals surface area (Å²) in [5.41, 5.74) is 10.5. The van der Waals surface area contributed by atoms with Gasteiger partial charge in [-0.15, -0.1) is 0 Å². The number of rotatable bonds is 2. The summed E-state index contributed by atoms with van der Waals surface area (Å²) in [7, 11) is 0. The predicted molar refractivity (Wildman–Crippen MR) is 27.3 cm³/mol. The summed E-state index contributed by atoms with van der Waals surface area (Å²) in [6.45, 7) is 0.431. The first-order valence-corrected chi connectivity index (χ1v) is 2.03. The third-order valence-electron chi connectivity index (χ3n) is 0.679. The van der Waals surface area contributed by atoms with Crippen LogP contribution in [0.2, 0.25) is 0 Å². The summed E-state index contributed by atoms with van der Waals surface area (Å²) >= 11 is 0. The van der Waals surface area contributed by atoms with Crippen molar-refractivity contribution in [1.29, 1.82) is 0 Å². The molecule has 0 aromatic carbocycles. The van der Waals surface area contributed by atoms with E-state index < -0.39 is 0 Å². The van der Waals surface area contributed by atoms with Gasteiger partial charge in [-0.3, -0.25) is 0 Å². The van der Waals surface area contributed by atoms with Crippen molar-refractivity contribution < 1.29 is 4.39 Å². The van der Waals surface area contributed by atoms with Gasteiger partial charge in [-0.05, 0) is 5.57 Å². The minimum atomic E-state index is 0.215. The molecule has 3 heteroatoms. The molecule has 0 radical (unpaired) electrons. The van der Waals surface area contributed by atoms with Crippen molar-refractivity contribution >= 4 is 0 Å². The van der Waals surface area contributed by atoms with E-state index in [2.05, 4.69) is 0 Å². The lowest BCUT2D eigenvalue weighted by atomic mass is 10.3. The number of hydrogen-bond donors (Lipinski definition) is 2. The molecule has 0 aliphatic heterocycles. The summed E-state index contributed by atoms with van der Waals surface area (Å²) in [5.74, 6) is 0. The van der Waals surface area contributed by atoms with Gasteiger partial charge < -0.3 is 11.5 Å². The third-order valence-corrected chi connectivity index (χ3v) is 0.679. The summed E-state index contributed by atoms with van der Waals surface area (Å²) in [6.07, 6.45) is 0.444. The summed E-state index contributed by atoms with van der Waals surface area (Å²) in [6, 6.07) is 0. The summed E-state index contributed by atoms with van der Waals surface area (Å²) in [5, 5.41) is 0. The highest BCUT2D eigenvalue weighted by molar-refractivity contribution is 4.99. The van der Waals surface area contributed by atoms with Crippen molar-refractivity contribution in [3.63, 3.8) is 0 Å². The Morgan fingerprint density at radius 1 is 1.43 bits per heavy atom. The van der Waals surface area contributed by atoms with Crippen molar-refractivity contribution in [2.75, 3.05) is 13.1 Å². The maximum atomic E-state index is 11.3. The maximum Gasteiger partial charge on any atom is 0.0884 e. The van der Waals surface area contributed by atoms with Crippen LogP contribution in [0.3, 0.4) is 0 Å². The third kappa shape index (κ3) is 2.31. The molecule has 0 atom stereocenters. The monoisotopic (exact) mass is 104 g/mol. The Bertz CT molecular complexity index is 64.1. The van der Waals surface area contributed by atoms with Crippen LogP contribution in [-0.4, -0.2) is 13.1 Å². The van der Waals surface area contributed by atoms with E-state index >= 15 is 0 Å². The molecule has 0 amide bonds. The van der Waals surface area contributed by atoms with Gasteiger partial charge in [0.2, 0.25) is 0 Å². The van der Waals surface area contributed by atoms with Gasteiger partial charge in [0.05, 0.1) is 6.33 Å². The van der Waals surface area contributed by atoms with Crippen molar-refractivity contribution in [3.05, 3.63) is 11.9 Å². The molecule has 0 rings (SSSR count). The molecule has 0 spiro atoms. The highest BCUT2D eigenvalue weighted by atomic mass is 19.1. The van der Waals surface area contributed by atoms with E-state index in [9.17, 15) is 4.39 Å². The fraction of sp³-hybridized carbons (Fsp3) is 0.500. The van der Waals surface area contributed by atoms with Crippen molar-refractivity contribution in [2.24, 2.45) is 11.5 Å². The molecular formula is C4H9FN2. The predicted octanol–water partition coefficient (Wildman–Crippen LogP) is -0.243. The highest BCUT2D eigenvalue weighted by Crippen LogP contribution is 1.85. The van der Waals surface area contributed by atoms with E-state index in [1.165, 1.54) is 0 Å². The highest BCUT2D eigenvalue weighted by Gasteiger charge is 1.85. The van der Waals surface area contributed by atoms with Crippen LogP contribution in [0, 0.1) is 0 Å². The van der Waals surface area contributed by atoms with E-state index in [1.54, 1.807) is 0 Å². The van der Waals surface area contributed by atoms with Gasteiger partial charge in [-0.25, -0.2) is 4.39 Å². The van der Waals surface area contributed by atoms with E-state index in [0.717, 1.165) is 0 Å². The fourth-order valence-corrected chi connectivity index (χ4v) is 0.172. The molecule has 0 saturated carbocycles. The Hall–Kier alpha value is -0.410. The number of nitrogens with two attached hydrogens (primary N) is 2. The molecule has 7 heavy (non-hydrogen) atoms. The second kappa shape index (κ2) is 3.77. The van der Waals surface area contributed by atoms with E-state index in [1.807, 2.05) is 0 Å². The summed E-state index contributed by atoms with van der Waals surface area (Å²) in [4.78, 5) is 0. The van der Waals surface area contributed by atoms with Crippen LogP contribution in [0.4, 0.5) is 4.39 Å². The Kier molecular flexibility index (Phi) is 3.55. The maximum absolute atomic E-state index is 11.3. The zero-order valence-corrected chi connectivity index (χ0v) is 4.02. The van der Waals surface area contributed by atoms with Gasteiger partial charge in [-0.1, -0.05) is 0 Å². The molecule has 42 valence electrons. The Labute approximate surface area is 42.0 Å². The number of halogens is 1. The Morgan fingerprint density at radius 2 is 1.86 bits per heavy atom. The fourth-order valence-electron chi connectivity index (χ4n) is 0.172. The van der Waals surface area contributed by atoms with Gasteiger partial charge >= 0.3 is 0 Å². The first-order chi connectivity index (χ1) is 3.35. The van der Waals surface area contributed by atoms with Crippen molar-refractivity contribution in [1.82, 2.24) is 0 Å². The van der Waals surface area contributed by atoms with E-state index in [0.29, 0.717) is 11.9 Å². The Morgan fingerprint density at radius 3 is 1.86 bits per heavy atom. The zero-order valence-electron chi connectivity index (χ0n) is 4.02. The molecule has 2 nitrogen and oxygen atoms in total. The average molecular weight is 104 g/mol.